The monoisotopic (exact) mass is 376 g/mol. The van der Waals surface area contributed by atoms with E-state index in [9.17, 15) is 14.3 Å². The number of benzene rings is 2. The Morgan fingerprint density at radius 2 is 1.71 bits per heavy atom. The number of H-pyrrole nitrogens is 1. The zero-order valence-electron chi connectivity index (χ0n) is 15.2. The average Bonchev–Trinajstić information content (AvgIpc) is 3.16. The predicted octanol–water partition coefficient (Wildman–Crippen LogP) is 4.13. The SMILES string of the molecule is O=C(NC(c1ccccc1)[C@H](O)c1ccccc1)c1cc2c([nH]1)C=CC(F)C2. The Kier molecular flexibility index (Phi) is 5.08. The number of fused-ring (bicyclic) bond motifs is 1. The quantitative estimate of drug-likeness (QED) is 0.627. The van der Waals surface area contributed by atoms with Crippen molar-refractivity contribution in [2.24, 2.45) is 0 Å². The molecule has 1 aromatic heterocycles. The number of hydrogen-bond donors (Lipinski definition) is 3. The summed E-state index contributed by atoms with van der Waals surface area (Å²) < 4.78 is 13.6. The highest BCUT2D eigenvalue weighted by atomic mass is 19.1. The number of aliphatic hydroxyl groups excluding tert-OH is 1. The molecule has 3 atom stereocenters. The maximum absolute atomic E-state index is 13.6. The molecule has 0 fully saturated rings. The Morgan fingerprint density at radius 3 is 2.39 bits per heavy atom. The summed E-state index contributed by atoms with van der Waals surface area (Å²) in [5.41, 5.74) is 3.39. The molecule has 0 radical (unpaired) electrons. The smallest absolute Gasteiger partial charge is 0.268 e. The minimum atomic E-state index is -1.03. The number of hydrogen-bond acceptors (Lipinski definition) is 2. The van der Waals surface area contributed by atoms with E-state index in [4.69, 9.17) is 0 Å². The van der Waals surface area contributed by atoms with Gasteiger partial charge in [-0.05, 0) is 34.9 Å². The van der Waals surface area contributed by atoms with Crippen molar-refractivity contribution in [2.75, 3.05) is 0 Å². The van der Waals surface area contributed by atoms with Crippen LogP contribution in [-0.4, -0.2) is 22.2 Å². The number of nitrogens with one attached hydrogen (secondary N) is 2. The van der Waals surface area contributed by atoms with E-state index in [0.717, 1.165) is 16.8 Å². The zero-order valence-corrected chi connectivity index (χ0v) is 15.2. The fourth-order valence-electron chi connectivity index (χ4n) is 3.50. The molecule has 142 valence electrons. The molecule has 1 heterocycles. The van der Waals surface area contributed by atoms with E-state index in [-0.39, 0.29) is 12.3 Å². The van der Waals surface area contributed by atoms with Crippen molar-refractivity contribution in [2.45, 2.75) is 24.7 Å². The maximum atomic E-state index is 13.6. The van der Waals surface area contributed by atoms with E-state index in [1.807, 2.05) is 60.7 Å². The molecular weight excluding hydrogens is 355 g/mol. The van der Waals surface area contributed by atoms with Crippen molar-refractivity contribution < 1.29 is 14.3 Å². The Hall–Kier alpha value is -3.18. The van der Waals surface area contributed by atoms with Crippen LogP contribution in [0, 0.1) is 0 Å². The van der Waals surface area contributed by atoms with Crippen LogP contribution in [0.1, 0.15) is 45.0 Å². The number of rotatable bonds is 5. The van der Waals surface area contributed by atoms with Crippen LogP contribution in [0.4, 0.5) is 4.39 Å². The van der Waals surface area contributed by atoms with Crippen LogP contribution in [0.5, 0.6) is 0 Å². The van der Waals surface area contributed by atoms with Crippen LogP contribution >= 0.6 is 0 Å². The summed E-state index contributed by atoms with van der Waals surface area (Å²) in [5.74, 6) is -0.345. The molecule has 2 aromatic carbocycles. The lowest BCUT2D eigenvalue weighted by Gasteiger charge is -2.25. The number of carbonyl (C=O) groups is 1. The molecule has 5 heteroatoms. The van der Waals surface area contributed by atoms with Gasteiger partial charge < -0.3 is 15.4 Å². The number of aromatic amines is 1. The van der Waals surface area contributed by atoms with Crippen molar-refractivity contribution >= 4 is 12.0 Å². The molecule has 0 saturated heterocycles. The maximum Gasteiger partial charge on any atom is 0.268 e. The molecular formula is C23H21FN2O2. The summed E-state index contributed by atoms with van der Waals surface area (Å²) in [6.07, 6.45) is 1.45. The molecule has 3 N–H and O–H groups in total. The van der Waals surface area contributed by atoms with Gasteiger partial charge in [-0.1, -0.05) is 60.7 Å². The van der Waals surface area contributed by atoms with Crippen LogP contribution < -0.4 is 5.32 Å². The van der Waals surface area contributed by atoms with Crippen LogP contribution in [0.3, 0.4) is 0 Å². The number of alkyl halides is 1. The second-order valence-electron chi connectivity index (χ2n) is 6.92. The first-order valence-electron chi connectivity index (χ1n) is 9.25. The lowest BCUT2D eigenvalue weighted by molar-refractivity contribution is 0.0827. The first kappa shape index (κ1) is 18.2. The molecule has 0 spiro atoms. The molecule has 0 saturated carbocycles. The van der Waals surface area contributed by atoms with Gasteiger partial charge in [0.2, 0.25) is 0 Å². The second-order valence-corrected chi connectivity index (χ2v) is 6.92. The highest BCUT2D eigenvalue weighted by Gasteiger charge is 2.26. The fourth-order valence-corrected chi connectivity index (χ4v) is 3.50. The van der Waals surface area contributed by atoms with Gasteiger partial charge in [0.1, 0.15) is 18.0 Å². The third-order valence-corrected chi connectivity index (χ3v) is 4.97. The lowest BCUT2D eigenvalue weighted by atomic mass is 9.95. The first-order valence-corrected chi connectivity index (χ1v) is 9.25. The average molecular weight is 376 g/mol. The van der Waals surface area contributed by atoms with Crippen molar-refractivity contribution in [1.82, 2.24) is 10.3 Å². The van der Waals surface area contributed by atoms with Gasteiger partial charge in [-0.3, -0.25) is 4.79 Å². The summed E-state index contributed by atoms with van der Waals surface area (Å²) in [6, 6.07) is 19.6. The van der Waals surface area contributed by atoms with E-state index in [2.05, 4.69) is 10.3 Å². The first-order chi connectivity index (χ1) is 13.6. The molecule has 1 aliphatic rings. The van der Waals surface area contributed by atoms with Crippen molar-refractivity contribution in [3.63, 3.8) is 0 Å². The number of allylic oxidation sites excluding steroid dienone is 1. The normalized spacial score (nSPS) is 17.6. The molecule has 2 unspecified atom stereocenters. The van der Waals surface area contributed by atoms with Gasteiger partial charge in [-0.15, -0.1) is 0 Å². The minimum absolute atomic E-state index is 0.254. The summed E-state index contributed by atoms with van der Waals surface area (Å²) in [6.45, 7) is 0. The topological polar surface area (TPSA) is 65.1 Å². The van der Waals surface area contributed by atoms with E-state index in [1.165, 1.54) is 6.08 Å². The van der Waals surface area contributed by atoms with Crippen molar-refractivity contribution in [3.8, 4) is 0 Å². The van der Waals surface area contributed by atoms with Gasteiger partial charge in [0, 0.05) is 12.1 Å². The fraction of sp³-hybridized carbons (Fsp3) is 0.174. The largest absolute Gasteiger partial charge is 0.386 e. The van der Waals surface area contributed by atoms with E-state index >= 15 is 0 Å². The zero-order chi connectivity index (χ0) is 19.5. The molecule has 1 amide bonds. The Bertz CT molecular complexity index is 982. The van der Waals surface area contributed by atoms with Crippen molar-refractivity contribution in [1.29, 1.82) is 0 Å². The minimum Gasteiger partial charge on any atom is -0.386 e. The number of halogens is 1. The number of amides is 1. The lowest BCUT2D eigenvalue weighted by Crippen LogP contribution is -2.33. The molecule has 3 aromatic rings. The highest BCUT2D eigenvalue weighted by Crippen LogP contribution is 2.29. The van der Waals surface area contributed by atoms with Gasteiger partial charge in [0.05, 0.1) is 6.04 Å². The van der Waals surface area contributed by atoms with Crippen molar-refractivity contribution in [3.05, 3.63) is 101 Å². The highest BCUT2D eigenvalue weighted by molar-refractivity contribution is 5.93. The van der Waals surface area contributed by atoms with Gasteiger partial charge in [0.25, 0.3) is 5.91 Å². The number of aliphatic hydroxyl groups is 1. The van der Waals surface area contributed by atoms with Gasteiger partial charge in [-0.2, -0.15) is 0 Å². The van der Waals surface area contributed by atoms with Crippen LogP contribution in [0.25, 0.3) is 6.08 Å². The van der Waals surface area contributed by atoms with Crippen LogP contribution in [0.2, 0.25) is 0 Å². The standard InChI is InChI=1S/C23H21FN2O2/c24-18-11-12-19-17(13-18)14-20(25-19)23(28)26-21(15-7-3-1-4-8-15)22(27)16-9-5-2-6-10-16/h1-12,14,18,21-22,25,27H,13H2,(H,26,28)/t18?,21?,22-/m1/s1. The summed E-state index contributed by atoms with van der Waals surface area (Å²) >= 11 is 0. The van der Waals surface area contributed by atoms with Crippen LogP contribution in [-0.2, 0) is 6.42 Å². The molecule has 4 nitrogen and oxygen atoms in total. The predicted molar refractivity (Wildman–Crippen MR) is 106 cm³/mol. The summed E-state index contributed by atoms with van der Waals surface area (Å²) in [5, 5.41) is 13.9. The number of aromatic nitrogens is 1. The molecule has 0 bridgehead atoms. The van der Waals surface area contributed by atoms with E-state index in [0.29, 0.717) is 11.3 Å². The molecule has 1 aliphatic carbocycles. The molecule has 28 heavy (non-hydrogen) atoms. The Balaban J connectivity index is 1.61. The molecule has 0 aliphatic heterocycles. The summed E-state index contributed by atoms with van der Waals surface area (Å²) in [7, 11) is 0. The molecule has 4 rings (SSSR count). The second kappa shape index (κ2) is 7.82. The van der Waals surface area contributed by atoms with Crippen LogP contribution in [0.15, 0.2) is 72.8 Å². The Labute approximate surface area is 162 Å². The Morgan fingerprint density at radius 1 is 1.07 bits per heavy atom. The van der Waals surface area contributed by atoms with E-state index in [1.54, 1.807) is 12.1 Å². The van der Waals surface area contributed by atoms with Gasteiger partial charge in [-0.25, -0.2) is 4.39 Å². The third-order valence-electron chi connectivity index (χ3n) is 4.97. The van der Waals surface area contributed by atoms with Gasteiger partial charge in [0.15, 0.2) is 0 Å². The number of carbonyl (C=O) groups excluding carboxylic acids is 1. The van der Waals surface area contributed by atoms with Gasteiger partial charge >= 0.3 is 0 Å². The summed E-state index contributed by atoms with van der Waals surface area (Å²) in [4.78, 5) is 15.9. The third kappa shape index (κ3) is 3.75. The van der Waals surface area contributed by atoms with E-state index < -0.39 is 18.3 Å².